The number of aromatic nitrogens is 2. The van der Waals surface area contributed by atoms with E-state index in [-0.39, 0.29) is 5.91 Å². The lowest BCUT2D eigenvalue weighted by Crippen LogP contribution is -2.20. The predicted molar refractivity (Wildman–Crippen MR) is 75.9 cm³/mol. The fourth-order valence-electron chi connectivity index (χ4n) is 1.71. The van der Waals surface area contributed by atoms with Crippen LogP contribution in [0.4, 0.5) is 0 Å². The molecule has 1 aromatic carbocycles. The van der Waals surface area contributed by atoms with Crippen LogP contribution < -0.4 is 5.32 Å². The van der Waals surface area contributed by atoms with E-state index in [2.05, 4.69) is 22.6 Å². The molecule has 4 nitrogen and oxygen atoms in total. The number of rotatable bonds is 5. The molecular formula is C15H17N3O. The first-order valence-electron chi connectivity index (χ1n) is 6.27. The minimum Gasteiger partial charge on any atom is -0.356 e. The average molecular weight is 255 g/mol. The van der Waals surface area contributed by atoms with Gasteiger partial charge in [-0.05, 0) is 30.2 Å². The van der Waals surface area contributed by atoms with E-state index in [0.717, 1.165) is 17.7 Å². The largest absolute Gasteiger partial charge is 0.356 e. The van der Waals surface area contributed by atoms with Crippen LogP contribution in [0.2, 0.25) is 0 Å². The van der Waals surface area contributed by atoms with Crippen LogP contribution >= 0.6 is 0 Å². The molecule has 0 atom stereocenters. The summed E-state index contributed by atoms with van der Waals surface area (Å²) in [7, 11) is 0. The molecule has 0 fully saturated rings. The van der Waals surface area contributed by atoms with Crippen molar-refractivity contribution in [1.29, 1.82) is 0 Å². The zero-order valence-electron chi connectivity index (χ0n) is 10.9. The minimum absolute atomic E-state index is 0.0111. The Balaban J connectivity index is 1.88. The van der Waals surface area contributed by atoms with E-state index in [4.69, 9.17) is 0 Å². The Morgan fingerprint density at radius 2 is 2.16 bits per heavy atom. The lowest BCUT2D eigenvalue weighted by atomic mass is 10.2. The normalized spacial score (nSPS) is 10.8. The van der Waals surface area contributed by atoms with Gasteiger partial charge in [0.2, 0.25) is 5.91 Å². The van der Waals surface area contributed by atoms with Crippen LogP contribution in [0.25, 0.3) is 11.8 Å². The molecule has 0 aliphatic heterocycles. The summed E-state index contributed by atoms with van der Waals surface area (Å²) in [6.45, 7) is 2.20. The van der Waals surface area contributed by atoms with Crippen molar-refractivity contribution in [2.24, 2.45) is 0 Å². The summed E-state index contributed by atoms with van der Waals surface area (Å²) in [6.07, 6.45) is 8.61. The summed E-state index contributed by atoms with van der Waals surface area (Å²) in [5, 5.41) is 6.94. The number of carbonyl (C=O) groups is 1. The number of hydrogen-bond acceptors (Lipinski definition) is 2. The third kappa shape index (κ3) is 4.10. The van der Waals surface area contributed by atoms with Crippen LogP contribution in [-0.4, -0.2) is 22.2 Å². The third-order valence-corrected chi connectivity index (χ3v) is 2.66. The summed E-state index contributed by atoms with van der Waals surface area (Å²) in [5.74, 6) is 0.0111. The summed E-state index contributed by atoms with van der Waals surface area (Å²) in [5.41, 5.74) is 2.18. The van der Waals surface area contributed by atoms with Crippen molar-refractivity contribution in [3.63, 3.8) is 0 Å². The number of hydrogen-bond donors (Lipinski definition) is 1. The molecule has 0 aliphatic carbocycles. The fourth-order valence-corrected chi connectivity index (χ4v) is 1.71. The lowest BCUT2D eigenvalue weighted by Gasteiger charge is -2.01. The Bertz CT molecular complexity index is 541. The summed E-state index contributed by atoms with van der Waals surface area (Å²) < 4.78 is 1.82. The Morgan fingerprint density at radius 3 is 2.79 bits per heavy atom. The van der Waals surface area contributed by atoms with Crippen molar-refractivity contribution >= 4 is 12.0 Å². The standard InChI is InChI=1S/C15H17N3O/c1-13(19)16-10-3-2-5-14-6-8-15(9-7-14)18-12-4-11-17-18/h2,4-9,11-12H,3,10H2,1H3,(H,16,19). The summed E-state index contributed by atoms with van der Waals surface area (Å²) >= 11 is 0. The summed E-state index contributed by atoms with van der Waals surface area (Å²) in [6, 6.07) is 10.1. The van der Waals surface area contributed by atoms with Crippen LogP contribution in [0, 0.1) is 0 Å². The van der Waals surface area contributed by atoms with Gasteiger partial charge >= 0.3 is 0 Å². The van der Waals surface area contributed by atoms with E-state index >= 15 is 0 Å². The molecule has 2 rings (SSSR count). The first-order valence-corrected chi connectivity index (χ1v) is 6.27. The van der Waals surface area contributed by atoms with Crippen LogP contribution in [0.15, 0.2) is 48.8 Å². The molecule has 0 unspecified atom stereocenters. The Labute approximate surface area is 112 Å². The van der Waals surface area contributed by atoms with Gasteiger partial charge in [0.1, 0.15) is 0 Å². The molecule has 1 aromatic heterocycles. The quantitative estimate of drug-likeness (QED) is 0.834. The number of benzene rings is 1. The maximum absolute atomic E-state index is 10.7. The number of nitrogens with zero attached hydrogens (tertiary/aromatic N) is 2. The fraction of sp³-hybridized carbons (Fsp3) is 0.200. The van der Waals surface area contributed by atoms with Gasteiger partial charge in [-0.2, -0.15) is 5.10 Å². The van der Waals surface area contributed by atoms with Crippen LogP contribution in [-0.2, 0) is 4.79 Å². The van der Waals surface area contributed by atoms with Crippen molar-refractivity contribution in [2.45, 2.75) is 13.3 Å². The average Bonchev–Trinajstić information content (AvgIpc) is 2.93. The van der Waals surface area contributed by atoms with Gasteiger partial charge in [0.15, 0.2) is 0 Å². The van der Waals surface area contributed by atoms with Gasteiger partial charge in [0.25, 0.3) is 0 Å². The molecule has 19 heavy (non-hydrogen) atoms. The molecule has 0 aliphatic rings. The van der Waals surface area contributed by atoms with Crippen molar-refractivity contribution in [3.05, 3.63) is 54.4 Å². The number of amides is 1. The second-order valence-corrected chi connectivity index (χ2v) is 4.22. The Hall–Kier alpha value is -2.36. The zero-order chi connectivity index (χ0) is 13.5. The predicted octanol–water partition coefficient (Wildman–Crippen LogP) is 2.41. The first-order chi connectivity index (χ1) is 9.25. The van der Waals surface area contributed by atoms with E-state index in [1.165, 1.54) is 6.92 Å². The SMILES string of the molecule is CC(=O)NCCC=Cc1ccc(-n2cccn2)cc1. The molecule has 98 valence electrons. The van der Waals surface area contributed by atoms with Crippen LogP contribution in [0.5, 0.6) is 0 Å². The van der Waals surface area contributed by atoms with Gasteiger partial charge in [-0.3, -0.25) is 4.79 Å². The second-order valence-electron chi connectivity index (χ2n) is 4.22. The Morgan fingerprint density at radius 1 is 1.37 bits per heavy atom. The molecule has 0 saturated heterocycles. The molecule has 4 heteroatoms. The van der Waals surface area contributed by atoms with Gasteiger partial charge in [-0.1, -0.05) is 24.3 Å². The molecule has 0 radical (unpaired) electrons. The molecule has 2 aromatic rings. The van der Waals surface area contributed by atoms with Crippen molar-refractivity contribution in [2.75, 3.05) is 6.54 Å². The van der Waals surface area contributed by atoms with Gasteiger partial charge in [0, 0.05) is 25.9 Å². The van der Waals surface area contributed by atoms with Crippen LogP contribution in [0.1, 0.15) is 18.9 Å². The van der Waals surface area contributed by atoms with Gasteiger partial charge in [0.05, 0.1) is 5.69 Å². The van der Waals surface area contributed by atoms with Crippen molar-refractivity contribution < 1.29 is 4.79 Å². The number of nitrogens with one attached hydrogen (secondary N) is 1. The lowest BCUT2D eigenvalue weighted by molar-refractivity contribution is -0.118. The Kier molecular flexibility index (Phi) is 4.50. The van der Waals surface area contributed by atoms with E-state index < -0.39 is 0 Å². The maximum atomic E-state index is 10.7. The highest BCUT2D eigenvalue weighted by Gasteiger charge is 1.94. The zero-order valence-corrected chi connectivity index (χ0v) is 10.9. The minimum atomic E-state index is 0.0111. The second kappa shape index (κ2) is 6.54. The number of carbonyl (C=O) groups excluding carboxylic acids is 1. The van der Waals surface area contributed by atoms with Gasteiger partial charge in [-0.15, -0.1) is 0 Å². The first kappa shape index (κ1) is 13.1. The van der Waals surface area contributed by atoms with E-state index in [1.807, 2.05) is 41.2 Å². The molecule has 1 heterocycles. The van der Waals surface area contributed by atoms with E-state index in [9.17, 15) is 4.79 Å². The third-order valence-electron chi connectivity index (χ3n) is 2.66. The smallest absolute Gasteiger partial charge is 0.216 e. The van der Waals surface area contributed by atoms with Crippen molar-refractivity contribution in [3.8, 4) is 5.69 Å². The maximum Gasteiger partial charge on any atom is 0.216 e. The van der Waals surface area contributed by atoms with E-state index in [1.54, 1.807) is 6.20 Å². The molecule has 1 N–H and O–H groups in total. The van der Waals surface area contributed by atoms with Crippen molar-refractivity contribution in [1.82, 2.24) is 15.1 Å². The van der Waals surface area contributed by atoms with Gasteiger partial charge < -0.3 is 5.32 Å². The summed E-state index contributed by atoms with van der Waals surface area (Å²) in [4.78, 5) is 10.7. The molecule has 0 saturated carbocycles. The highest BCUT2D eigenvalue weighted by atomic mass is 16.1. The monoisotopic (exact) mass is 255 g/mol. The van der Waals surface area contributed by atoms with Crippen LogP contribution in [0.3, 0.4) is 0 Å². The molecule has 1 amide bonds. The molecule has 0 bridgehead atoms. The molecule has 0 spiro atoms. The topological polar surface area (TPSA) is 46.9 Å². The highest BCUT2D eigenvalue weighted by molar-refractivity contribution is 5.72. The highest BCUT2D eigenvalue weighted by Crippen LogP contribution is 2.09. The molecular weight excluding hydrogens is 238 g/mol. The van der Waals surface area contributed by atoms with Gasteiger partial charge in [-0.25, -0.2) is 4.68 Å². The van der Waals surface area contributed by atoms with E-state index in [0.29, 0.717) is 6.54 Å².